The largest absolute Gasteiger partial charge is 0.466 e. The van der Waals surface area contributed by atoms with E-state index in [1.165, 1.54) is 7.11 Å². The van der Waals surface area contributed by atoms with E-state index < -0.39 is 20.4 Å². The normalized spacial score (nSPS) is 14.3. The first-order chi connectivity index (χ1) is 7.53. The molecule has 0 aliphatic carbocycles. The van der Waals surface area contributed by atoms with Crippen molar-refractivity contribution in [3.63, 3.8) is 0 Å². The Labute approximate surface area is 105 Å². The molecule has 1 N–H and O–H groups in total. The number of esters is 1. The average Bonchev–Trinajstić information content (AvgIpc) is 2.22. The molecule has 0 heterocycles. The molecule has 0 aromatic rings. The first-order valence-corrected chi connectivity index (χ1v) is 8.53. The minimum Gasteiger partial charge on any atom is -0.466 e. The van der Waals surface area contributed by atoms with Crippen molar-refractivity contribution in [1.29, 1.82) is 0 Å². The maximum Gasteiger partial charge on any atom is 0.335 e. The second-order valence-electron chi connectivity index (χ2n) is 5.60. The second kappa shape index (κ2) is 5.80. The molecule has 0 unspecified atom stereocenters. The van der Waals surface area contributed by atoms with Crippen molar-refractivity contribution in [3.8, 4) is 0 Å². The summed E-state index contributed by atoms with van der Waals surface area (Å²) >= 11 is 0. The molecule has 0 aliphatic rings. The molecule has 0 saturated heterocycles. The van der Waals surface area contributed by atoms with Gasteiger partial charge in [-0.2, -0.15) is 0 Å². The Hall–Kier alpha value is -0.653. The molecule has 17 heavy (non-hydrogen) atoms. The number of ether oxygens (including phenoxy) is 1. The predicted molar refractivity (Wildman–Crippen MR) is 70.3 cm³/mol. The Kier molecular flexibility index (Phi) is 5.57. The zero-order valence-electron chi connectivity index (χ0n) is 11.7. The summed E-state index contributed by atoms with van der Waals surface area (Å²) in [5, 5.41) is 9.81. The summed E-state index contributed by atoms with van der Waals surface area (Å²) in [6, 6.07) is 0. The molecule has 100 valence electrons. The summed E-state index contributed by atoms with van der Waals surface area (Å²) in [7, 11) is -0.653. The first-order valence-electron chi connectivity index (χ1n) is 5.62. The van der Waals surface area contributed by atoms with E-state index in [-0.39, 0.29) is 17.2 Å². The molecule has 4 nitrogen and oxygen atoms in total. The van der Waals surface area contributed by atoms with Crippen LogP contribution in [-0.2, 0) is 14.0 Å². The van der Waals surface area contributed by atoms with Gasteiger partial charge in [0.25, 0.3) is 0 Å². The molecule has 0 aromatic carbocycles. The fourth-order valence-corrected chi connectivity index (χ4v) is 1.88. The Bertz CT molecular complexity index is 291. The van der Waals surface area contributed by atoms with E-state index in [1.807, 2.05) is 0 Å². The topological polar surface area (TPSA) is 55.8 Å². The monoisotopic (exact) mass is 260 g/mol. The lowest BCUT2D eigenvalue weighted by Gasteiger charge is -2.36. The van der Waals surface area contributed by atoms with E-state index in [1.54, 1.807) is 0 Å². The minimum atomic E-state index is -1.91. The lowest BCUT2D eigenvalue weighted by atomic mass is 10.2. The molecule has 1 atom stereocenters. The standard InChI is InChI=1S/C12H24O4Si/c1-9(11(14)15-5)10(13)8-16-17(6,7)12(2,3)4/h10,13H,1,8H2,2-7H3/t10-/m0/s1. The number of aliphatic hydroxyl groups is 1. The van der Waals surface area contributed by atoms with E-state index >= 15 is 0 Å². The van der Waals surface area contributed by atoms with Crippen LogP contribution in [-0.4, -0.2) is 39.2 Å². The van der Waals surface area contributed by atoms with Crippen LogP contribution >= 0.6 is 0 Å². The number of carbonyl (C=O) groups is 1. The highest BCUT2D eigenvalue weighted by molar-refractivity contribution is 6.74. The van der Waals surface area contributed by atoms with Crippen molar-refractivity contribution >= 4 is 14.3 Å². The summed E-state index contributed by atoms with van der Waals surface area (Å²) in [5.74, 6) is -0.601. The van der Waals surface area contributed by atoms with Crippen molar-refractivity contribution in [2.45, 2.75) is 45.0 Å². The molecule has 0 fully saturated rings. The fourth-order valence-electron chi connectivity index (χ4n) is 0.871. The highest BCUT2D eigenvalue weighted by Gasteiger charge is 2.37. The van der Waals surface area contributed by atoms with Gasteiger partial charge < -0.3 is 14.3 Å². The minimum absolute atomic E-state index is 0.0335. The second-order valence-corrected chi connectivity index (χ2v) is 10.4. The summed E-state index contributed by atoms with van der Waals surface area (Å²) in [6.07, 6.45) is -1.00. The lowest BCUT2D eigenvalue weighted by Crippen LogP contribution is -2.43. The van der Waals surface area contributed by atoms with Gasteiger partial charge in [-0.15, -0.1) is 0 Å². The van der Waals surface area contributed by atoms with Crippen molar-refractivity contribution in [2.75, 3.05) is 13.7 Å². The van der Waals surface area contributed by atoms with Gasteiger partial charge in [-0.3, -0.25) is 0 Å². The lowest BCUT2D eigenvalue weighted by molar-refractivity contribution is -0.137. The summed E-state index contributed by atoms with van der Waals surface area (Å²) in [5.41, 5.74) is 0.0335. The molecular weight excluding hydrogens is 236 g/mol. The third kappa shape index (κ3) is 4.61. The van der Waals surface area contributed by atoms with E-state index in [2.05, 4.69) is 45.2 Å². The van der Waals surface area contributed by atoms with Crippen LogP contribution < -0.4 is 0 Å². The van der Waals surface area contributed by atoms with Gasteiger partial charge in [0, 0.05) is 0 Å². The Morgan fingerprint density at radius 2 is 1.88 bits per heavy atom. The zero-order chi connectivity index (χ0) is 13.9. The highest BCUT2D eigenvalue weighted by atomic mass is 28.4. The van der Waals surface area contributed by atoms with Gasteiger partial charge in [0.05, 0.1) is 19.3 Å². The number of hydrogen-bond acceptors (Lipinski definition) is 4. The van der Waals surface area contributed by atoms with Crippen LogP contribution in [0.2, 0.25) is 18.1 Å². The number of rotatable bonds is 5. The van der Waals surface area contributed by atoms with E-state index in [4.69, 9.17) is 4.43 Å². The van der Waals surface area contributed by atoms with Crippen molar-refractivity contribution < 1.29 is 19.1 Å². The Morgan fingerprint density at radius 3 is 2.24 bits per heavy atom. The van der Waals surface area contributed by atoms with Gasteiger partial charge in [0.1, 0.15) is 6.10 Å². The van der Waals surface area contributed by atoms with Crippen LogP contribution in [0.25, 0.3) is 0 Å². The van der Waals surface area contributed by atoms with Crippen molar-refractivity contribution in [1.82, 2.24) is 0 Å². The maximum atomic E-state index is 11.1. The summed E-state index contributed by atoms with van der Waals surface area (Å²) in [4.78, 5) is 11.1. The van der Waals surface area contributed by atoms with Crippen LogP contribution in [0.3, 0.4) is 0 Å². The number of carbonyl (C=O) groups excluding carboxylic acids is 1. The predicted octanol–water partition coefficient (Wildman–Crippen LogP) is 2.10. The van der Waals surface area contributed by atoms with Gasteiger partial charge in [0.2, 0.25) is 0 Å². The maximum absolute atomic E-state index is 11.1. The molecule has 5 heteroatoms. The molecule has 0 spiro atoms. The molecule has 0 saturated carbocycles. The zero-order valence-corrected chi connectivity index (χ0v) is 12.7. The molecule has 0 amide bonds. The fraction of sp³-hybridized carbons (Fsp3) is 0.750. The third-order valence-electron chi connectivity index (χ3n) is 3.26. The van der Waals surface area contributed by atoms with Crippen LogP contribution in [0, 0.1) is 0 Å². The average molecular weight is 260 g/mol. The van der Waals surface area contributed by atoms with Gasteiger partial charge in [0.15, 0.2) is 8.32 Å². The first kappa shape index (κ1) is 16.3. The molecular formula is C12H24O4Si. The van der Waals surface area contributed by atoms with E-state index in [0.717, 1.165) is 0 Å². The third-order valence-corrected chi connectivity index (χ3v) is 7.76. The smallest absolute Gasteiger partial charge is 0.335 e. The molecule has 0 radical (unpaired) electrons. The van der Waals surface area contributed by atoms with Crippen LogP contribution in [0.15, 0.2) is 12.2 Å². The van der Waals surface area contributed by atoms with Crippen molar-refractivity contribution in [3.05, 3.63) is 12.2 Å². The van der Waals surface area contributed by atoms with Gasteiger partial charge in [-0.05, 0) is 18.1 Å². The number of methoxy groups -OCH3 is 1. The highest BCUT2D eigenvalue weighted by Crippen LogP contribution is 2.36. The van der Waals surface area contributed by atoms with Gasteiger partial charge >= 0.3 is 5.97 Å². The SMILES string of the molecule is C=C(C(=O)OC)[C@@H](O)CO[Si](C)(C)C(C)(C)C. The van der Waals surface area contributed by atoms with Gasteiger partial charge in [-0.1, -0.05) is 27.4 Å². The molecule has 0 aromatic heterocycles. The summed E-state index contributed by atoms with van der Waals surface area (Å²) in [6.45, 7) is 14.1. The van der Waals surface area contributed by atoms with Crippen molar-refractivity contribution in [2.24, 2.45) is 0 Å². The Morgan fingerprint density at radius 1 is 1.41 bits per heavy atom. The van der Waals surface area contributed by atoms with Crippen LogP contribution in [0.1, 0.15) is 20.8 Å². The molecule has 0 bridgehead atoms. The molecule has 0 aliphatic heterocycles. The molecule has 0 rings (SSSR count). The Balaban J connectivity index is 4.40. The number of hydrogen-bond donors (Lipinski definition) is 1. The van der Waals surface area contributed by atoms with E-state index in [0.29, 0.717) is 0 Å². The number of aliphatic hydroxyl groups excluding tert-OH is 1. The van der Waals surface area contributed by atoms with E-state index in [9.17, 15) is 9.90 Å². The van der Waals surface area contributed by atoms with Crippen LogP contribution in [0.4, 0.5) is 0 Å². The van der Waals surface area contributed by atoms with Crippen LogP contribution in [0.5, 0.6) is 0 Å². The summed E-state index contributed by atoms with van der Waals surface area (Å²) < 4.78 is 10.3. The van der Waals surface area contributed by atoms with Gasteiger partial charge in [-0.25, -0.2) is 4.79 Å². The quantitative estimate of drug-likeness (QED) is 0.467.